The molecule has 1 aromatic rings. The van der Waals surface area contributed by atoms with Crippen molar-refractivity contribution in [2.75, 3.05) is 0 Å². The number of aliphatic carboxylic acids is 2. The molecule has 0 aliphatic carbocycles. The first-order valence-corrected chi connectivity index (χ1v) is 4.87. The van der Waals surface area contributed by atoms with E-state index in [1.54, 1.807) is 0 Å². The standard InChI is InChI=1S/C10H10O5S/c11-6-3-1-5(2-4-6)7(9(12)13)8(16)10(14)15/h1-4,7-8,11,16H,(H,12,13)(H,14,15). The highest BCUT2D eigenvalue weighted by molar-refractivity contribution is 7.81. The molecule has 2 unspecified atom stereocenters. The highest BCUT2D eigenvalue weighted by Crippen LogP contribution is 2.25. The van der Waals surface area contributed by atoms with Gasteiger partial charge >= 0.3 is 11.9 Å². The van der Waals surface area contributed by atoms with E-state index in [9.17, 15) is 9.59 Å². The number of phenols is 1. The summed E-state index contributed by atoms with van der Waals surface area (Å²) in [5.41, 5.74) is 0.285. The average molecular weight is 242 g/mol. The lowest BCUT2D eigenvalue weighted by atomic mass is 9.95. The first kappa shape index (κ1) is 12.4. The van der Waals surface area contributed by atoms with Crippen LogP contribution in [-0.2, 0) is 9.59 Å². The van der Waals surface area contributed by atoms with Gasteiger partial charge in [0.25, 0.3) is 0 Å². The third-order valence-corrected chi connectivity index (χ3v) is 2.61. The van der Waals surface area contributed by atoms with Gasteiger partial charge in [0.2, 0.25) is 0 Å². The van der Waals surface area contributed by atoms with Gasteiger partial charge in [-0.05, 0) is 17.7 Å². The Balaban J connectivity index is 3.07. The molecule has 0 aliphatic heterocycles. The van der Waals surface area contributed by atoms with Crippen molar-refractivity contribution in [2.24, 2.45) is 0 Å². The summed E-state index contributed by atoms with van der Waals surface area (Å²) in [4.78, 5) is 21.7. The lowest BCUT2D eigenvalue weighted by molar-refractivity contribution is -0.144. The Morgan fingerprint density at radius 2 is 1.56 bits per heavy atom. The van der Waals surface area contributed by atoms with Crippen LogP contribution < -0.4 is 0 Å². The fraction of sp³-hybridized carbons (Fsp3) is 0.200. The number of benzene rings is 1. The first-order valence-electron chi connectivity index (χ1n) is 4.36. The van der Waals surface area contributed by atoms with Crippen LogP contribution in [0.1, 0.15) is 11.5 Å². The molecule has 1 aromatic carbocycles. The molecule has 0 amide bonds. The van der Waals surface area contributed by atoms with Gasteiger partial charge in [0, 0.05) is 0 Å². The van der Waals surface area contributed by atoms with Crippen LogP contribution in [0.2, 0.25) is 0 Å². The molecule has 2 atom stereocenters. The van der Waals surface area contributed by atoms with Gasteiger partial charge in [0.05, 0.1) is 0 Å². The zero-order chi connectivity index (χ0) is 12.3. The molecule has 0 spiro atoms. The Hall–Kier alpha value is -1.69. The Kier molecular flexibility index (Phi) is 3.78. The van der Waals surface area contributed by atoms with Gasteiger partial charge in [-0.25, -0.2) is 0 Å². The Labute approximate surface area is 96.8 Å². The van der Waals surface area contributed by atoms with Crippen molar-refractivity contribution in [1.29, 1.82) is 0 Å². The van der Waals surface area contributed by atoms with Gasteiger partial charge in [-0.3, -0.25) is 9.59 Å². The van der Waals surface area contributed by atoms with E-state index in [0.29, 0.717) is 0 Å². The summed E-state index contributed by atoms with van der Waals surface area (Å²) < 4.78 is 0. The third-order valence-electron chi connectivity index (χ3n) is 2.09. The second-order valence-corrected chi connectivity index (χ2v) is 3.75. The maximum absolute atomic E-state index is 11.0. The summed E-state index contributed by atoms with van der Waals surface area (Å²) in [6, 6.07) is 5.32. The predicted molar refractivity (Wildman–Crippen MR) is 58.9 cm³/mol. The van der Waals surface area contributed by atoms with Crippen molar-refractivity contribution < 1.29 is 24.9 Å². The van der Waals surface area contributed by atoms with Crippen LogP contribution >= 0.6 is 12.6 Å². The number of phenolic OH excluding ortho intramolecular Hbond substituents is 1. The van der Waals surface area contributed by atoms with Crippen LogP contribution in [0.15, 0.2) is 24.3 Å². The van der Waals surface area contributed by atoms with Crippen LogP contribution in [-0.4, -0.2) is 32.5 Å². The molecule has 0 aliphatic rings. The van der Waals surface area contributed by atoms with Crippen LogP contribution in [0, 0.1) is 0 Å². The maximum atomic E-state index is 11.0. The number of hydrogen-bond donors (Lipinski definition) is 4. The molecular formula is C10H10O5S. The molecule has 0 bridgehead atoms. The van der Waals surface area contributed by atoms with E-state index >= 15 is 0 Å². The Morgan fingerprint density at radius 1 is 1.06 bits per heavy atom. The van der Waals surface area contributed by atoms with E-state index < -0.39 is 23.1 Å². The fourth-order valence-corrected chi connectivity index (χ4v) is 1.58. The molecule has 0 saturated heterocycles. The monoisotopic (exact) mass is 242 g/mol. The molecule has 5 nitrogen and oxygen atoms in total. The van der Waals surface area contributed by atoms with Crippen molar-refractivity contribution in [3.8, 4) is 5.75 Å². The van der Waals surface area contributed by atoms with Gasteiger partial charge in [-0.15, -0.1) is 0 Å². The normalized spacial score (nSPS) is 14.1. The quantitative estimate of drug-likeness (QED) is 0.589. The number of carboxylic acid groups (broad SMARTS) is 2. The Morgan fingerprint density at radius 3 is 1.94 bits per heavy atom. The minimum absolute atomic E-state index is 0.0149. The molecule has 16 heavy (non-hydrogen) atoms. The summed E-state index contributed by atoms with van der Waals surface area (Å²) in [5, 5.41) is 25.4. The summed E-state index contributed by atoms with van der Waals surface area (Å²) in [5.74, 6) is -3.84. The van der Waals surface area contributed by atoms with Crippen molar-refractivity contribution in [2.45, 2.75) is 11.2 Å². The molecule has 0 aromatic heterocycles. The summed E-state index contributed by atoms with van der Waals surface area (Å²) >= 11 is 3.75. The van der Waals surface area contributed by atoms with E-state index in [-0.39, 0.29) is 11.3 Å². The fourth-order valence-electron chi connectivity index (χ4n) is 1.28. The van der Waals surface area contributed by atoms with Crippen molar-refractivity contribution in [1.82, 2.24) is 0 Å². The summed E-state index contributed by atoms with van der Waals surface area (Å²) in [6.45, 7) is 0. The maximum Gasteiger partial charge on any atom is 0.317 e. The predicted octanol–water partition coefficient (Wildman–Crippen LogP) is 0.943. The lowest BCUT2D eigenvalue weighted by Gasteiger charge is -2.16. The average Bonchev–Trinajstić information content (AvgIpc) is 2.20. The largest absolute Gasteiger partial charge is 0.508 e. The van der Waals surface area contributed by atoms with Gasteiger partial charge in [-0.2, -0.15) is 12.6 Å². The summed E-state index contributed by atoms with van der Waals surface area (Å²) in [7, 11) is 0. The topological polar surface area (TPSA) is 94.8 Å². The molecule has 6 heteroatoms. The smallest absolute Gasteiger partial charge is 0.317 e. The van der Waals surface area contributed by atoms with E-state index in [4.69, 9.17) is 15.3 Å². The van der Waals surface area contributed by atoms with Crippen LogP contribution in [0.4, 0.5) is 0 Å². The number of rotatable bonds is 4. The van der Waals surface area contributed by atoms with Gasteiger partial charge in [0.15, 0.2) is 0 Å². The SMILES string of the molecule is O=C(O)C(S)C(C(=O)O)c1ccc(O)cc1. The van der Waals surface area contributed by atoms with Gasteiger partial charge in [0.1, 0.15) is 16.9 Å². The minimum Gasteiger partial charge on any atom is -0.508 e. The zero-order valence-electron chi connectivity index (χ0n) is 8.07. The molecule has 0 radical (unpaired) electrons. The Bertz CT molecular complexity index is 400. The number of hydrogen-bond acceptors (Lipinski definition) is 4. The number of carboxylic acids is 2. The van der Waals surface area contributed by atoms with Crippen LogP contribution in [0.3, 0.4) is 0 Å². The zero-order valence-corrected chi connectivity index (χ0v) is 8.96. The minimum atomic E-state index is -1.33. The molecule has 0 fully saturated rings. The van der Waals surface area contributed by atoms with Gasteiger partial charge < -0.3 is 15.3 Å². The van der Waals surface area contributed by atoms with Gasteiger partial charge in [-0.1, -0.05) is 12.1 Å². The molecule has 3 N–H and O–H groups in total. The van der Waals surface area contributed by atoms with Crippen molar-refractivity contribution in [3.63, 3.8) is 0 Å². The van der Waals surface area contributed by atoms with Crippen molar-refractivity contribution in [3.05, 3.63) is 29.8 Å². The van der Waals surface area contributed by atoms with Crippen LogP contribution in [0.5, 0.6) is 5.75 Å². The number of thiol groups is 1. The molecule has 0 heterocycles. The van der Waals surface area contributed by atoms with E-state index in [2.05, 4.69) is 12.6 Å². The first-order chi connectivity index (χ1) is 7.43. The van der Waals surface area contributed by atoms with Crippen molar-refractivity contribution >= 4 is 24.6 Å². The van der Waals surface area contributed by atoms with Crippen LogP contribution in [0.25, 0.3) is 0 Å². The summed E-state index contributed by atoms with van der Waals surface area (Å²) in [6.07, 6.45) is 0. The second kappa shape index (κ2) is 4.89. The highest BCUT2D eigenvalue weighted by Gasteiger charge is 2.32. The molecule has 86 valence electrons. The van der Waals surface area contributed by atoms with E-state index in [1.807, 2.05) is 0 Å². The van der Waals surface area contributed by atoms with E-state index in [0.717, 1.165) is 0 Å². The highest BCUT2D eigenvalue weighted by atomic mass is 32.1. The van der Waals surface area contributed by atoms with E-state index in [1.165, 1.54) is 24.3 Å². The molecule has 1 rings (SSSR count). The lowest BCUT2D eigenvalue weighted by Crippen LogP contribution is -2.28. The number of carbonyl (C=O) groups is 2. The number of aromatic hydroxyl groups is 1. The third kappa shape index (κ3) is 2.66. The second-order valence-electron chi connectivity index (χ2n) is 3.19. The molecule has 0 saturated carbocycles. The molecular weight excluding hydrogens is 232 g/mol.